The van der Waals surface area contributed by atoms with Gasteiger partial charge in [0.05, 0.1) is 18.7 Å². The number of aromatic nitrogens is 2. The molecule has 1 unspecified atom stereocenters. The van der Waals surface area contributed by atoms with Gasteiger partial charge in [-0.05, 0) is 30.3 Å². The number of methoxy groups -OCH3 is 1. The third kappa shape index (κ3) is 3.38. The molecule has 8 heteroatoms. The number of benzene rings is 2. The molecule has 6 nitrogen and oxygen atoms in total. The van der Waals surface area contributed by atoms with Gasteiger partial charge < -0.3 is 14.2 Å². The SMILES string of the molecule is COc1cccc(-c2noc(C3CC(=O)N(c4ccc(Cl)cc4F)C3)n2)c1. The van der Waals surface area contributed by atoms with Gasteiger partial charge in [-0.2, -0.15) is 4.98 Å². The number of anilines is 1. The average molecular weight is 388 g/mol. The molecular weight excluding hydrogens is 373 g/mol. The molecule has 3 aromatic rings. The van der Waals surface area contributed by atoms with Crippen molar-refractivity contribution in [2.45, 2.75) is 12.3 Å². The molecule has 4 rings (SSSR count). The van der Waals surface area contributed by atoms with Crippen LogP contribution in [0.1, 0.15) is 18.2 Å². The predicted octanol–water partition coefficient (Wildman–Crippen LogP) is 4.06. The molecule has 1 amide bonds. The van der Waals surface area contributed by atoms with Gasteiger partial charge >= 0.3 is 0 Å². The van der Waals surface area contributed by atoms with Crippen molar-refractivity contribution in [1.29, 1.82) is 0 Å². The third-order valence-corrected chi connectivity index (χ3v) is 4.68. The van der Waals surface area contributed by atoms with Crippen LogP contribution >= 0.6 is 11.6 Å². The molecule has 2 heterocycles. The molecule has 0 bridgehead atoms. The molecule has 1 aliphatic heterocycles. The van der Waals surface area contributed by atoms with E-state index >= 15 is 0 Å². The van der Waals surface area contributed by atoms with Crippen LogP contribution in [-0.4, -0.2) is 29.7 Å². The number of hydrogen-bond acceptors (Lipinski definition) is 5. The maximum absolute atomic E-state index is 14.2. The Morgan fingerprint density at radius 2 is 2.15 bits per heavy atom. The van der Waals surface area contributed by atoms with Crippen LogP contribution in [0.5, 0.6) is 5.75 Å². The molecule has 1 saturated heterocycles. The van der Waals surface area contributed by atoms with Crippen molar-refractivity contribution in [1.82, 2.24) is 10.1 Å². The molecule has 27 heavy (non-hydrogen) atoms. The van der Waals surface area contributed by atoms with Crippen molar-refractivity contribution in [2.24, 2.45) is 0 Å². The van der Waals surface area contributed by atoms with Crippen LogP contribution in [0.2, 0.25) is 5.02 Å². The van der Waals surface area contributed by atoms with Gasteiger partial charge in [0.15, 0.2) is 0 Å². The van der Waals surface area contributed by atoms with Crippen LogP contribution in [0.3, 0.4) is 0 Å². The van der Waals surface area contributed by atoms with E-state index in [0.717, 1.165) is 5.56 Å². The Hall–Kier alpha value is -2.93. The van der Waals surface area contributed by atoms with Crippen molar-refractivity contribution < 1.29 is 18.4 Å². The maximum Gasteiger partial charge on any atom is 0.232 e. The van der Waals surface area contributed by atoms with Gasteiger partial charge in [-0.1, -0.05) is 28.9 Å². The maximum atomic E-state index is 14.2. The van der Waals surface area contributed by atoms with Gasteiger partial charge in [0.25, 0.3) is 0 Å². The fourth-order valence-corrected chi connectivity index (χ4v) is 3.25. The first-order valence-corrected chi connectivity index (χ1v) is 8.66. The number of carbonyl (C=O) groups is 1. The Morgan fingerprint density at radius 3 is 2.93 bits per heavy atom. The first kappa shape index (κ1) is 17.5. The summed E-state index contributed by atoms with van der Waals surface area (Å²) in [5.41, 5.74) is 0.939. The highest BCUT2D eigenvalue weighted by atomic mass is 35.5. The molecule has 1 atom stereocenters. The van der Waals surface area contributed by atoms with Crippen molar-refractivity contribution in [3.63, 3.8) is 0 Å². The zero-order valence-electron chi connectivity index (χ0n) is 14.4. The summed E-state index contributed by atoms with van der Waals surface area (Å²) < 4.78 is 24.7. The summed E-state index contributed by atoms with van der Waals surface area (Å²) in [4.78, 5) is 18.2. The fourth-order valence-electron chi connectivity index (χ4n) is 3.09. The van der Waals surface area contributed by atoms with Crippen LogP contribution in [0.15, 0.2) is 47.0 Å². The Balaban J connectivity index is 1.57. The number of carbonyl (C=O) groups excluding carboxylic acids is 1. The van der Waals surface area contributed by atoms with Crippen molar-refractivity contribution in [3.8, 4) is 17.1 Å². The van der Waals surface area contributed by atoms with Crippen LogP contribution in [0.25, 0.3) is 11.4 Å². The second kappa shape index (κ2) is 7.00. The Kier molecular flexibility index (Phi) is 4.53. The van der Waals surface area contributed by atoms with Gasteiger partial charge in [-0.3, -0.25) is 4.79 Å². The van der Waals surface area contributed by atoms with E-state index in [4.69, 9.17) is 20.9 Å². The number of halogens is 2. The van der Waals surface area contributed by atoms with Crippen LogP contribution in [0.4, 0.5) is 10.1 Å². The van der Waals surface area contributed by atoms with Crippen molar-refractivity contribution >= 4 is 23.2 Å². The molecule has 0 N–H and O–H groups in total. The van der Waals surface area contributed by atoms with E-state index in [0.29, 0.717) is 17.5 Å². The zero-order chi connectivity index (χ0) is 19.0. The molecule has 2 aromatic carbocycles. The minimum Gasteiger partial charge on any atom is -0.497 e. The summed E-state index contributed by atoms with van der Waals surface area (Å²) >= 11 is 5.78. The summed E-state index contributed by atoms with van der Waals surface area (Å²) in [6.07, 6.45) is 0.168. The monoisotopic (exact) mass is 387 g/mol. The lowest BCUT2D eigenvalue weighted by Crippen LogP contribution is -2.25. The summed E-state index contributed by atoms with van der Waals surface area (Å²) in [5, 5.41) is 4.27. The molecule has 0 spiro atoms. The number of amides is 1. The van der Waals surface area contributed by atoms with E-state index in [1.165, 1.54) is 17.0 Å². The van der Waals surface area contributed by atoms with E-state index in [1.807, 2.05) is 18.2 Å². The summed E-state index contributed by atoms with van der Waals surface area (Å²) in [7, 11) is 1.58. The normalized spacial score (nSPS) is 16.8. The standard InChI is InChI=1S/C19H15ClFN3O3/c1-26-14-4-2-3-11(7-14)18-22-19(27-23-18)12-8-17(25)24(10-12)16-6-5-13(20)9-15(16)21/h2-7,9,12H,8,10H2,1H3. The van der Waals surface area contributed by atoms with Gasteiger partial charge in [0, 0.05) is 23.6 Å². The smallest absolute Gasteiger partial charge is 0.232 e. The quantitative estimate of drug-likeness (QED) is 0.675. The Morgan fingerprint density at radius 1 is 1.30 bits per heavy atom. The Bertz CT molecular complexity index is 1010. The summed E-state index contributed by atoms with van der Waals surface area (Å²) in [6.45, 7) is 0.261. The second-order valence-corrected chi connectivity index (χ2v) is 6.63. The van der Waals surface area contributed by atoms with E-state index in [2.05, 4.69) is 10.1 Å². The van der Waals surface area contributed by atoms with E-state index in [1.54, 1.807) is 19.2 Å². The predicted molar refractivity (Wildman–Crippen MR) is 97.4 cm³/mol. The minimum absolute atomic E-state index is 0.168. The van der Waals surface area contributed by atoms with E-state index in [9.17, 15) is 9.18 Å². The van der Waals surface area contributed by atoms with Crippen LogP contribution < -0.4 is 9.64 Å². The zero-order valence-corrected chi connectivity index (χ0v) is 15.1. The lowest BCUT2D eigenvalue weighted by atomic mass is 10.1. The molecule has 138 valence electrons. The van der Waals surface area contributed by atoms with Gasteiger partial charge in [0.1, 0.15) is 11.6 Å². The van der Waals surface area contributed by atoms with Crippen molar-refractivity contribution in [3.05, 3.63) is 59.2 Å². The van der Waals surface area contributed by atoms with Crippen LogP contribution in [0, 0.1) is 5.82 Å². The van der Waals surface area contributed by atoms with E-state index < -0.39 is 5.82 Å². The number of rotatable bonds is 4. The first-order chi connectivity index (χ1) is 13.0. The second-order valence-electron chi connectivity index (χ2n) is 6.19. The van der Waals surface area contributed by atoms with Crippen molar-refractivity contribution in [2.75, 3.05) is 18.6 Å². The molecule has 0 saturated carbocycles. The molecule has 1 aliphatic rings. The highest BCUT2D eigenvalue weighted by molar-refractivity contribution is 6.30. The molecule has 1 fully saturated rings. The average Bonchev–Trinajstić information content (AvgIpc) is 3.29. The van der Waals surface area contributed by atoms with Gasteiger partial charge in [-0.25, -0.2) is 4.39 Å². The third-order valence-electron chi connectivity index (χ3n) is 4.44. The molecule has 0 aliphatic carbocycles. The lowest BCUT2D eigenvalue weighted by molar-refractivity contribution is -0.117. The first-order valence-electron chi connectivity index (χ1n) is 8.28. The lowest BCUT2D eigenvalue weighted by Gasteiger charge is -2.16. The van der Waals surface area contributed by atoms with E-state index in [-0.39, 0.29) is 35.5 Å². The van der Waals surface area contributed by atoms with Gasteiger partial charge in [-0.15, -0.1) is 0 Å². The number of ether oxygens (including phenoxy) is 1. The topological polar surface area (TPSA) is 68.5 Å². The summed E-state index contributed by atoms with van der Waals surface area (Å²) in [6, 6.07) is 11.5. The number of hydrogen-bond donors (Lipinski definition) is 0. The van der Waals surface area contributed by atoms with Crippen LogP contribution in [-0.2, 0) is 4.79 Å². The largest absolute Gasteiger partial charge is 0.497 e. The Labute approximate surface area is 159 Å². The highest BCUT2D eigenvalue weighted by Gasteiger charge is 2.36. The summed E-state index contributed by atoms with van der Waals surface area (Å²) in [5.74, 6) is 0.380. The molecule has 1 aromatic heterocycles. The molecular formula is C19H15ClFN3O3. The minimum atomic E-state index is -0.543. The highest BCUT2D eigenvalue weighted by Crippen LogP contribution is 2.34. The number of nitrogens with zero attached hydrogens (tertiary/aromatic N) is 3. The fraction of sp³-hybridized carbons (Fsp3) is 0.211. The molecule has 0 radical (unpaired) electrons. The van der Waals surface area contributed by atoms with Gasteiger partial charge in [0.2, 0.25) is 17.6 Å².